The molecule has 0 aromatic carbocycles. The number of ketones is 1. The van der Waals surface area contributed by atoms with Gasteiger partial charge in [-0.25, -0.2) is 0 Å². The van der Waals surface area contributed by atoms with Gasteiger partial charge in [0.05, 0.1) is 6.61 Å². The Labute approximate surface area is 117 Å². The third kappa shape index (κ3) is 4.77. The normalized spacial score (nSPS) is 17.5. The molecule has 0 aliphatic heterocycles. The van der Waals surface area contributed by atoms with Gasteiger partial charge in [0, 0.05) is 32.5 Å². The van der Waals surface area contributed by atoms with Crippen molar-refractivity contribution in [1.82, 2.24) is 10.2 Å². The van der Waals surface area contributed by atoms with Crippen LogP contribution in [0.1, 0.15) is 47.0 Å². The molecule has 0 heterocycles. The molecule has 4 heteroatoms. The highest BCUT2D eigenvalue weighted by Crippen LogP contribution is 2.45. The van der Waals surface area contributed by atoms with Gasteiger partial charge in [0.25, 0.3) is 0 Å². The fraction of sp³-hybridized carbons (Fsp3) is 0.800. The number of hydrogen-bond acceptors (Lipinski definition) is 4. The van der Waals surface area contributed by atoms with E-state index in [1.165, 1.54) is 12.8 Å². The molecule has 1 aliphatic rings. The summed E-state index contributed by atoms with van der Waals surface area (Å²) in [4.78, 5) is 13.9. The molecule has 4 nitrogen and oxygen atoms in total. The molecule has 1 fully saturated rings. The second-order valence-corrected chi connectivity index (χ2v) is 5.79. The molecule has 110 valence electrons. The summed E-state index contributed by atoms with van der Waals surface area (Å²) >= 11 is 0. The van der Waals surface area contributed by atoms with Gasteiger partial charge in [0.1, 0.15) is 5.82 Å². The number of rotatable bonds is 9. The van der Waals surface area contributed by atoms with E-state index >= 15 is 0 Å². The summed E-state index contributed by atoms with van der Waals surface area (Å²) in [5.74, 6) is 1.29. The van der Waals surface area contributed by atoms with Crippen molar-refractivity contribution in [3.8, 4) is 0 Å². The van der Waals surface area contributed by atoms with E-state index in [9.17, 15) is 4.79 Å². The number of carbonyl (C=O) groups excluding carboxylic acids is 1. The van der Waals surface area contributed by atoms with E-state index < -0.39 is 0 Å². The Hall–Kier alpha value is -1.19. The minimum Gasteiger partial charge on any atom is -0.486 e. The van der Waals surface area contributed by atoms with E-state index in [0.29, 0.717) is 12.4 Å². The summed E-state index contributed by atoms with van der Waals surface area (Å²) < 4.78 is 5.84. The Kier molecular flexibility index (Phi) is 5.70. The Morgan fingerprint density at radius 1 is 1.37 bits per heavy atom. The second kappa shape index (κ2) is 6.83. The highest BCUT2D eigenvalue weighted by Gasteiger charge is 2.38. The Balaban J connectivity index is 2.84. The smallest absolute Gasteiger partial charge is 0.202 e. The van der Waals surface area contributed by atoms with Gasteiger partial charge in [-0.2, -0.15) is 0 Å². The van der Waals surface area contributed by atoms with Crippen LogP contribution in [0.15, 0.2) is 11.6 Å². The minimum atomic E-state index is -0.0110. The predicted octanol–water partition coefficient (Wildman–Crippen LogP) is 2.51. The van der Waals surface area contributed by atoms with E-state index in [4.69, 9.17) is 4.74 Å². The van der Waals surface area contributed by atoms with Gasteiger partial charge in [-0.3, -0.25) is 4.79 Å². The molecule has 1 saturated carbocycles. The lowest BCUT2D eigenvalue weighted by Crippen LogP contribution is -2.33. The Bertz CT molecular complexity index is 346. The molecular weight excluding hydrogens is 240 g/mol. The predicted molar refractivity (Wildman–Crippen MR) is 77.6 cm³/mol. The van der Waals surface area contributed by atoms with E-state index in [1.54, 1.807) is 6.92 Å². The van der Waals surface area contributed by atoms with Crippen molar-refractivity contribution in [3.05, 3.63) is 11.6 Å². The zero-order chi connectivity index (χ0) is 14.5. The maximum atomic E-state index is 11.9. The molecule has 0 radical (unpaired) electrons. The summed E-state index contributed by atoms with van der Waals surface area (Å²) in [5.41, 5.74) is 0.279. The number of ether oxygens (including phenoxy) is 1. The maximum absolute atomic E-state index is 11.9. The first-order chi connectivity index (χ1) is 8.93. The Morgan fingerprint density at radius 3 is 2.42 bits per heavy atom. The van der Waals surface area contributed by atoms with E-state index in [1.807, 2.05) is 14.0 Å². The molecule has 1 N–H and O–H groups in total. The van der Waals surface area contributed by atoms with E-state index in [-0.39, 0.29) is 11.2 Å². The van der Waals surface area contributed by atoms with Crippen LogP contribution in [0.3, 0.4) is 0 Å². The van der Waals surface area contributed by atoms with Crippen LogP contribution in [0.5, 0.6) is 0 Å². The third-order valence-corrected chi connectivity index (χ3v) is 3.49. The van der Waals surface area contributed by atoms with Crippen molar-refractivity contribution >= 4 is 5.78 Å². The molecule has 1 aliphatic carbocycles. The van der Waals surface area contributed by atoms with Gasteiger partial charge < -0.3 is 15.0 Å². The molecule has 0 aromatic heterocycles. The van der Waals surface area contributed by atoms with Crippen LogP contribution in [0.2, 0.25) is 0 Å². The summed E-state index contributed by atoms with van der Waals surface area (Å²) in [6.45, 7) is 10.2. The van der Waals surface area contributed by atoms with Crippen LogP contribution < -0.4 is 5.32 Å². The highest BCUT2D eigenvalue weighted by molar-refractivity contribution is 5.91. The van der Waals surface area contributed by atoms with Gasteiger partial charge in [0.15, 0.2) is 5.78 Å². The van der Waals surface area contributed by atoms with Crippen LogP contribution in [-0.4, -0.2) is 37.4 Å². The first kappa shape index (κ1) is 15.9. The SMILES string of the molecule is CCCN(C)/C(NCC)=C(/OCC1(C)CC1)C(C)=O. The highest BCUT2D eigenvalue weighted by atomic mass is 16.5. The largest absolute Gasteiger partial charge is 0.486 e. The lowest BCUT2D eigenvalue weighted by Gasteiger charge is -2.26. The molecule has 19 heavy (non-hydrogen) atoms. The van der Waals surface area contributed by atoms with Crippen molar-refractivity contribution < 1.29 is 9.53 Å². The van der Waals surface area contributed by atoms with Crippen molar-refractivity contribution in [2.24, 2.45) is 5.41 Å². The van der Waals surface area contributed by atoms with Crippen molar-refractivity contribution in [2.75, 3.05) is 26.7 Å². The zero-order valence-corrected chi connectivity index (χ0v) is 13.0. The van der Waals surface area contributed by atoms with Crippen LogP contribution >= 0.6 is 0 Å². The first-order valence-electron chi connectivity index (χ1n) is 7.26. The van der Waals surface area contributed by atoms with Crippen molar-refractivity contribution in [3.63, 3.8) is 0 Å². The van der Waals surface area contributed by atoms with Crippen molar-refractivity contribution in [1.29, 1.82) is 0 Å². The molecule has 0 spiro atoms. The van der Waals surface area contributed by atoms with E-state index in [2.05, 4.69) is 24.1 Å². The number of carbonyl (C=O) groups is 1. The molecular formula is C15H28N2O2. The number of Topliss-reactive ketones (excluding diaryl/α,β-unsaturated/α-hetero) is 1. The average Bonchev–Trinajstić information content (AvgIpc) is 3.06. The topological polar surface area (TPSA) is 41.6 Å². The van der Waals surface area contributed by atoms with Gasteiger partial charge in [-0.05, 0) is 26.2 Å². The zero-order valence-electron chi connectivity index (χ0n) is 13.0. The summed E-state index contributed by atoms with van der Waals surface area (Å²) in [5, 5.41) is 3.27. The monoisotopic (exact) mass is 268 g/mol. The lowest BCUT2D eigenvalue weighted by atomic mass is 10.2. The van der Waals surface area contributed by atoms with Crippen molar-refractivity contribution in [2.45, 2.75) is 47.0 Å². The molecule has 0 unspecified atom stereocenters. The Morgan fingerprint density at radius 2 is 2.00 bits per heavy atom. The molecule has 0 bridgehead atoms. The molecule has 0 amide bonds. The molecule has 1 rings (SSSR count). The van der Waals surface area contributed by atoms with Gasteiger partial charge in [-0.15, -0.1) is 0 Å². The van der Waals surface area contributed by atoms with Crippen LogP contribution in [0.25, 0.3) is 0 Å². The van der Waals surface area contributed by atoms with E-state index in [0.717, 1.165) is 25.3 Å². The second-order valence-electron chi connectivity index (χ2n) is 5.79. The minimum absolute atomic E-state index is 0.0110. The summed E-state index contributed by atoms with van der Waals surface area (Å²) in [6.07, 6.45) is 3.42. The molecule has 0 aromatic rings. The van der Waals surface area contributed by atoms with Gasteiger partial charge in [-0.1, -0.05) is 13.8 Å². The van der Waals surface area contributed by atoms with Crippen LogP contribution in [0.4, 0.5) is 0 Å². The number of allylic oxidation sites excluding steroid dienone is 1. The fourth-order valence-electron chi connectivity index (χ4n) is 1.94. The standard InChI is InChI=1S/C15H28N2O2/c1-6-10-17(5)14(16-7-2)13(12(3)18)19-11-15(4)8-9-15/h16H,6-11H2,1-5H3/b14-13+. The third-order valence-electron chi connectivity index (χ3n) is 3.49. The van der Waals surface area contributed by atoms with Crippen LogP contribution in [-0.2, 0) is 9.53 Å². The molecule has 0 atom stereocenters. The fourth-order valence-corrected chi connectivity index (χ4v) is 1.94. The number of nitrogens with one attached hydrogen (secondary N) is 1. The van der Waals surface area contributed by atoms with Gasteiger partial charge in [0.2, 0.25) is 5.76 Å². The number of nitrogens with zero attached hydrogens (tertiary/aromatic N) is 1. The first-order valence-corrected chi connectivity index (χ1v) is 7.26. The molecule has 0 saturated heterocycles. The lowest BCUT2D eigenvalue weighted by molar-refractivity contribution is -0.117. The van der Waals surface area contributed by atoms with Crippen LogP contribution in [0, 0.1) is 5.41 Å². The quantitative estimate of drug-likeness (QED) is 0.515. The number of hydrogen-bond donors (Lipinski definition) is 1. The summed E-state index contributed by atoms with van der Waals surface area (Å²) in [6, 6.07) is 0. The maximum Gasteiger partial charge on any atom is 0.202 e. The summed E-state index contributed by atoms with van der Waals surface area (Å²) in [7, 11) is 1.99. The van der Waals surface area contributed by atoms with Gasteiger partial charge >= 0.3 is 0 Å². The average molecular weight is 268 g/mol.